The molecule has 2 aliphatic heterocycles. The minimum absolute atomic E-state index is 0.0225. The molecule has 0 spiro atoms. The summed E-state index contributed by atoms with van der Waals surface area (Å²) in [5.74, 6) is 0.236. The number of H-pyrrole nitrogens is 1. The highest BCUT2D eigenvalue weighted by molar-refractivity contribution is 8.07. The molecule has 5 N–H and O–H groups in total. The van der Waals surface area contributed by atoms with Gasteiger partial charge in [0, 0.05) is 13.0 Å². The SMILES string of the molecule is Nc1nc2c(ncn2[C@@H]2O[C@@H]3COP(O)(=S)OCCn4c(nc5cncnc54)COP(O)(=S)O[C@@H]2C3)c(=O)[nH]1. The Hall–Kier alpha value is -2.28. The van der Waals surface area contributed by atoms with Crippen LogP contribution in [0.25, 0.3) is 22.3 Å². The number of ether oxygens (including phenoxy) is 1. The molecule has 2 unspecified atom stereocenters. The van der Waals surface area contributed by atoms with Gasteiger partial charge in [-0.1, -0.05) is 0 Å². The molecular weight excluding hydrogens is 596 g/mol. The number of hydrogen-bond donors (Lipinski definition) is 4. The van der Waals surface area contributed by atoms with Crippen LogP contribution >= 0.6 is 13.4 Å². The molecule has 4 aromatic rings. The van der Waals surface area contributed by atoms with Gasteiger partial charge in [0.1, 0.15) is 30.4 Å². The summed E-state index contributed by atoms with van der Waals surface area (Å²) in [7, 11) is 0. The van der Waals surface area contributed by atoms with Crippen LogP contribution in [0.4, 0.5) is 5.95 Å². The first kappa shape index (κ1) is 26.9. The van der Waals surface area contributed by atoms with Gasteiger partial charge in [-0.3, -0.25) is 14.3 Å². The van der Waals surface area contributed by atoms with Crippen LogP contribution in [0.5, 0.6) is 0 Å². The maximum absolute atomic E-state index is 12.3. The van der Waals surface area contributed by atoms with Crippen molar-refractivity contribution in [2.24, 2.45) is 0 Å². The molecule has 1 fully saturated rings. The van der Waals surface area contributed by atoms with Gasteiger partial charge in [-0.25, -0.2) is 19.9 Å². The summed E-state index contributed by atoms with van der Waals surface area (Å²) in [6.45, 7) is -7.76. The van der Waals surface area contributed by atoms with Gasteiger partial charge in [0.15, 0.2) is 23.0 Å². The molecule has 21 heteroatoms. The van der Waals surface area contributed by atoms with Gasteiger partial charge in [0.2, 0.25) is 5.95 Å². The van der Waals surface area contributed by atoms with Crippen molar-refractivity contribution in [1.29, 1.82) is 0 Å². The first-order chi connectivity index (χ1) is 18.6. The predicted molar refractivity (Wildman–Crippen MR) is 141 cm³/mol. The molecule has 6 heterocycles. The van der Waals surface area contributed by atoms with Gasteiger partial charge in [-0.15, -0.1) is 0 Å². The molecule has 1 saturated heterocycles. The van der Waals surface area contributed by atoms with E-state index in [1.54, 1.807) is 4.57 Å². The summed E-state index contributed by atoms with van der Waals surface area (Å²) >= 11 is 10.5. The van der Waals surface area contributed by atoms with E-state index in [2.05, 4.69) is 29.9 Å². The van der Waals surface area contributed by atoms with E-state index in [-0.39, 0.29) is 49.9 Å². The lowest BCUT2D eigenvalue weighted by molar-refractivity contribution is -0.0454. The number of nitrogens with zero attached hydrogens (tertiary/aromatic N) is 7. The average Bonchev–Trinajstić information content (AvgIpc) is 3.56. The van der Waals surface area contributed by atoms with Gasteiger partial charge >= 0.3 is 13.4 Å². The number of fused-ring (bicyclic) bond motifs is 6. The van der Waals surface area contributed by atoms with Crippen LogP contribution in [0.15, 0.2) is 23.6 Å². The number of nitrogens with two attached hydrogens (primary N) is 1. The molecule has 17 nitrogen and oxygen atoms in total. The highest BCUT2D eigenvalue weighted by Crippen LogP contribution is 2.51. The standard InChI is InChI=1S/C18H21N9O8P2S2/c19-18-24-15-13(16(28)25-18)22-8-27(15)17-11-3-9(34-17)5-32-36(29,38)31-2-1-26-12(6-33-37(30,39)35-11)23-10-4-20-7-21-14(10)26/h4,7-9,11,17H,1-3,5-6H2,(H,29,38)(H,30,39)(H3,19,24,25,28)/t9-,11+,17+,36?,37?/m0/s1. The van der Waals surface area contributed by atoms with E-state index in [0.29, 0.717) is 17.0 Å². The Labute approximate surface area is 228 Å². The van der Waals surface area contributed by atoms with Crippen molar-refractivity contribution in [3.05, 3.63) is 35.0 Å². The lowest BCUT2D eigenvalue weighted by Crippen LogP contribution is -2.23. The highest BCUT2D eigenvalue weighted by atomic mass is 32.5. The fourth-order valence-corrected chi connectivity index (χ4v) is 6.87. The number of anilines is 1. The maximum Gasteiger partial charge on any atom is 0.325 e. The second-order valence-corrected chi connectivity index (χ2v) is 14.2. The second kappa shape index (κ2) is 10.3. The topological polar surface area (TPSA) is 220 Å². The van der Waals surface area contributed by atoms with Gasteiger partial charge in [0.05, 0.1) is 31.8 Å². The quantitative estimate of drug-likeness (QED) is 0.210. The normalized spacial score (nSPS) is 30.7. The number of aromatic nitrogens is 8. The Bertz CT molecular complexity index is 1710. The third kappa shape index (κ3) is 5.53. The molecule has 0 aromatic carbocycles. The van der Waals surface area contributed by atoms with E-state index in [9.17, 15) is 14.6 Å². The second-order valence-electron chi connectivity index (χ2n) is 8.55. The summed E-state index contributed by atoms with van der Waals surface area (Å²) in [4.78, 5) is 57.2. The number of hydrogen-bond acceptors (Lipinski definition) is 14. The van der Waals surface area contributed by atoms with Crippen LogP contribution in [0.3, 0.4) is 0 Å². The molecule has 5 atom stereocenters. The van der Waals surface area contributed by atoms with E-state index >= 15 is 0 Å². The van der Waals surface area contributed by atoms with Crippen molar-refractivity contribution in [2.45, 2.75) is 38.0 Å². The Morgan fingerprint density at radius 1 is 1.13 bits per heavy atom. The minimum Gasteiger partial charge on any atom is -0.369 e. The number of aromatic amines is 1. The van der Waals surface area contributed by atoms with Gasteiger partial charge in [-0.2, -0.15) is 4.98 Å². The van der Waals surface area contributed by atoms with Gasteiger partial charge < -0.3 is 42.9 Å². The van der Waals surface area contributed by atoms with E-state index in [0.717, 1.165) is 0 Å². The number of imidazole rings is 2. The van der Waals surface area contributed by atoms with Crippen molar-refractivity contribution in [2.75, 3.05) is 18.9 Å². The van der Waals surface area contributed by atoms with Gasteiger partial charge in [-0.05, 0) is 23.6 Å². The summed E-state index contributed by atoms with van der Waals surface area (Å²) < 4.78 is 31.8. The largest absolute Gasteiger partial charge is 0.369 e. The fraction of sp³-hybridized carbons (Fsp3) is 0.444. The van der Waals surface area contributed by atoms with Crippen LogP contribution < -0.4 is 11.3 Å². The molecule has 4 aromatic heterocycles. The van der Waals surface area contributed by atoms with E-state index < -0.39 is 37.4 Å². The molecule has 6 rings (SSSR count). The summed E-state index contributed by atoms with van der Waals surface area (Å²) in [5.41, 5.74) is 6.30. The Balaban J connectivity index is 1.35. The monoisotopic (exact) mass is 617 g/mol. The lowest BCUT2D eigenvalue weighted by atomic mass is 10.2. The molecular formula is C18H21N9O8P2S2. The van der Waals surface area contributed by atoms with Crippen LogP contribution in [0.1, 0.15) is 18.5 Å². The molecule has 0 radical (unpaired) electrons. The molecule has 208 valence electrons. The third-order valence-electron chi connectivity index (χ3n) is 5.98. The zero-order valence-electron chi connectivity index (χ0n) is 19.8. The maximum atomic E-state index is 12.3. The summed E-state index contributed by atoms with van der Waals surface area (Å²) in [6, 6.07) is 0. The minimum atomic E-state index is -3.88. The van der Waals surface area contributed by atoms with Gasteiger partial charge in [0.25, 0.3) is 5.56 Å². The first-order valence-corrected chi connectivity index (χ1v) is 16.6. The van der Waals surface area contributed by atoms with E-state index in [1.165, 1.54) is 23.4 Å². The number of nitrogen functional groups attached to an aromatic ring is 1. The molecule has 39 heavy (non-hydrogen) atoms. The zero-order chi connectivity index (χ0) is 27.4. The van der Waals surface area contributed by atoms with E-state index in [1.807, 2.05) is 0 Å². The third-order valence-corrected chi connectivity index (χ3v) is 9.16. The van der Waals surface area contributed by atoms with Crippen LogP contribution in [0.2, 0.25) is 0 Å². The van der Waals surface area contributed by atoms with E-state index in [4.69, 9.17) is 52.2 Å². The summed E-state index contributed by atoms with van der Waals surface area (Å²) in [5, 5.41) is 0. The Morgan fingerprint density at radius 2 is 1.97 bits per heavy atom. The van der Waals surface area contributed by atoms with Crippen LogP contribution in [-0.2, 0) is 59.6 Å². The van der Waals surface area contributed by atoms with Crippen molar-refractivity contribution in [3.8, 4) is 0 Å². The molecule has 2 bridgehead atoms. The average molecular weight is 618 g/mol. The van der Waals surface area contributed by atoms with Crippen molar-refractivity contribution in [1.82, 2.24) is 39.0 Å². The molecule has 2 aliphatic rings. The highest BCUT2D eigenvalue weighted by Gasteiger charge is 2.42. The molecule has 0 saturated carbocycles. The zero-order valence-corrected chi connectivity index (χ0v) is 23.2. The Kier molecular flexibility index (Phi) is 7.10. The van der Waals surface area contributed by atoms with Crippen LogP contribution in [-0.4, -0.2) is 74.2 Å². The van der Waals surface area contributed by atoms with Crippen LogP contribution in [0, 0.1) is 0 Å². The van der Waals surface area contributed by atoms with Crippen molar-refractivity contribution in [3.63, 3.8) is 0 Å². The molecule has 0 amide bonds. The smallest absolute Gasteiger partial charge is 0.325 e. The lowest BCUT2D eigenvalue weighted by Gasteiger charge is -2.24. The Morgan fingerprint density at radius 3 is 2.82 bits per heavy atom. The number of nitrogens with one attached hydrogen (secondary N) is 1. The first-order valence-electron chi connectivity index (χ1n) is 11.4. The summed E-state index contributed by atoms with van der Waals surface area (Å²) in [6.07, 6.45) is 1.82. The fourth-order valence-electron chi connectivity index (χ4n) is 4.36. The molecule has 0 aliphatic carbocycles. The van der Waals surface area contributed by atoms with Crippen molar-refractivity contribution >= 4 is 65.3 Å². The predicted octanol–water partition coefficient (Wildman–Crippen LogP) is 0.211. The van der Waals surface area contributed by atoms with Crippen molar-refractivity contribution < 1.29 is 32.6 Å². The number of rotatable bonds is 1.